The van der Waals surface area contributed by atoms with Gasteiger partial charge in [0.25, 0.3) is 5.91 Å². The summed E-state index contributed by atoms with van der Waals surface area (Å²) in [5, 5.41) is 11.6. The van der Waals surface area contributed by atoms with Crippen LogP contribution in [0.3, 0.4) is 0 Å². The molecule has 0 bridgehead atoms. The van der Waals surface area contributed by atoms with Crippen LogP contribution in [0.25, 0.3) is 0 Å². The highest BCUT2D eigenvalue weighted by molar-refractivity contribution is 7.98. The maximum atomic E-state index is 12.2. The highest BCUT2D eigenvalue weighted by atomic mass is 32.2. The SMILES string of the molecule is CSCC[C@@H](NC(=O)CN1Cc2ccccc2C1=O)C(=O)O. The molecule has 1 aromatic rings. The van der Waals surface area contributed by atoms with Crippen LogP contribution in [-0.4, -0.2) is 52.4 Å². The number of rotatable bonds is 7. The summed E-state index contributed by atoms with van der Waals surface area (Å²) >= 11 is 1.52. The molecule has 0 saturated carbocycles. The van der Waals surface area contributed by atoms with Crippen LogP contribution < -0.4 is 5.32 Å². The van der Waals surface area contributed by atoms with Crippen LogP contribution in [0, 0.1) is 0 Å². The number of aliphatic carboxylic acids is 1. The monoisotopic (exact) mass is 322 g/mol. The molecule has 118 valence electrons. The lowest BCUT2D eigenvalue weighted by atomic mass is 10.1. The van der Waals surface area contributed by atoms with Crippen LogP contribution >= 0.6 is 11.8 Å². The fourth-order valence-electron chi connectivity index (χ4n) is 2.35. The van der Waals surface area contributed by atoms with Crippen molar-refractivity contribution in [1.29, 1.82) is 0 Å². The first-order valence-corrected chi connectivity index (χ1v) is 8.30. The lowest BCUT2D eigenvalue weighted by Gasteiger charge is -2.18. The fourth-order valence-corrected chi connectivity index (χ4v) is 2.82. The minimum atomic E-state index is -1.06. The van der Waals surface area contributed by atoms with Crippen molar-refractivity contribution < 1.29 is 19.5 Å². The summed E-state index contributed by atoms with van der Waals surface area (Å²) in [7, 11) is 0. The Kier molecular flexibility index (Phi) is 5.43. The van der Waals surface area contributed by atoms with E-state index >= 15 is 0 Å². The Hall–Kier alpha value is -2.02. The topological polar surface area (TPSA) is 86.7 Å². The van der Waals surface area contributed by atoms with E-state index in [0.29, 0.717) is 24.3 Å². The van der Waals surface area contributed by atoms with Crippen LogP contribution in [0.1, 0.15) is 22.3 Å². The molecule has 2 N–H and O–H groups in total. The summed E-state index contributed by atoms with van der Waals surface area (Å²) in [6.45, 7) is 0.252. The zero-order valence-corrected chi connectivity index (χ0v) is 13.1. The van der Waals surface area contributed by atoms with Gasteiger partial charge in [0.05, 0.1) is 0 Å². The summed E-state index contributed by atoms with van der Waals surface area (Å²) in [6, 6.07) is 6.29. The number of carboxylic acids is 1. The number of hydrogen-bond donors (Lipinski definition) is 2. The Labute approximate surface area is 132 Å². The van der Waals surface area contributed by atoms with Crippen LogP contribution in [-0.2, 0) is 16.1 Å². The molecule has 0 unspecified atom stereocenters. The molecule has 2 rings (SSSR count). The van der Waals surface area contributed by atoms with Crippen molar-refractivity contribution >= 4 is 29.5 Å². The van der Waals surface area contributed by atoms with Crippen molar-refractivity contribution in [2.45, 2.75) is 19.0 Å². The largest absolute Gasteiger partial charge is 0.480 e. The quantitative estimate of drug-likeness (QED) is 0.781. The zero-order valence-electron chi connectivity index (χ0n) is 12.2. The van der Waals surface area contributed by atoms with Gasteiger partial charge in [-0.3, -0.25) is 9.59 Å². The van der Waals surface area contributed by atoms with Gasteiger partial charge in [0.1, 0.15) is 12.6 Å². The number of carbonyl (C=O) groups is 3. The second-order valence-corrected chi connectivity index (χ2v) is 6.04. The average Bonchev–Trinajstić information content (AvgIpc) is 2.80. The standard InChI is InChI=1S/C15H18N2O4S/c1-22-7-6-12(15(20)21)16-13(18)9-17-8-10-4-2-3-5-11(10)14(17)19/h2-5,12H,6-9H2,1H3,(H,16,18)(H,20,21)/t12-/m1/s1. The van der Waals surface area contributed by atoms with E-state index in [0.717, 1.165) is 5.56 Å². The van der Waals surface area contributed by atoms with Gasteiger partial charge in [-0.05, 0) is 30.1 Å². The van der Waals surface area contributed by atoms with Gasteiger partial charge in [0.15, 0.2) is 0 Å². The van der Waals surface area contributed by atoms with Crippen LogP contribution in [0.15, 0.2) is 24.3 Å². The summed E-state index contributed by atoms with van der Waals surface area (Å²) < 4.78 is 0. The van der Waals surface area contributed by atoms with Crippen LogP contribution in [0.4, 0.5) is 0 Å². The Morgan fingerprint density at radius 1 is 1.41 bits per heavy atom. The van der Waals surface area contributed by atoms with Crippen molar-refractivity contribution in [1.82, 2.24) is 10.2 Å². The van der Waals surface area contributed by atoms with E-state index in [9.17, 15) is 14.4 Å². The van der Waals surface area contributed by atoms with Gasteiger partial charge in [-0.1, -0.05) is 18.2 Å². The predicted octanol–water partition coefficient (Wildman–Crippen LogP) is 0.965. The first-order valence-electron chi connectivity index (χ1n) is 6.91. The summed E-state index contributed by atoms with van der Waals surface area (Å²) in [5.74, 6) is -1.06. The molecule has 1 aliphatic rings. The van der Waals surface area contributed by atoms with E-state index in [1.54, 1.807) is 12.1 Å². The van der Waals surface area contributed by atoms with Gasteiger partial charge >= 0.3 is 5.97 Å². The summed E-state index contributed by atoms with van der Waals surface area (Å²) in [4.78, 5) is 36.7. The third-order valence-corrected chi connectivity index (χ3v) is 4.12. The van der Waals surface area contributed by atoms with Gasteiger partial charge in [-0.2, -0.15) is 11.8 Å². The highest BCUT2D eigenvalue weighted by Gasteiger charge is 2.29. The molecule has 0 aromatic heterocycles. The number of nitrogens with one attached hydrogen (secondary N) is 1. The number of carbonyl (C=O) groups excluding carboxylic acids is 2. The molecule has 0 spiro atoms. The van der Waals surface area contributed by atoms with Gasteiger partial charge < -0.3 is 15.3 Å². The lowest BCUT2D eigenvalue weighted by Crippen LogP contribution is -2.45. The minimum absolute atomic E-state index is 0.128. The molecule has 22 heavy (non-hydrogen) atoms. The highest BCUT2D eigenvalue weighted by Crippen LogP contribution is 2.21. The van der Waals surface area contributed by atoms with E-state index in [1.165, 1.54) is 16.7 Å². The van der Waals surface area contributed by atoms with Crippen molar-refractivity contribution in [3.05, 3.63) is 35.4 Å². The summed E-state index contributed by atoms with van der Waals surface area (Å²) in [5.41, 5.74) is 1.49. The number of fused-ring (bicyclic) bond motifs is 1. The molecule has 0 saturated heterocycles. The molecule has 1 heterocycles. The number of amides is 2. The average molecular weight is 322 g/mol. The Morgan fingerprint density at radius 3 is 2.77 bits per heavy atom. The van der Waals surface area contributed by atoms with Crippen molar-refractivity contribution in [3.63, 3.8) is 0 Å². The number of thioether (sulfide) groups is 1. The summed E-state index contributed by atoms with van der Waals surface area (Å²) in [6.07, 6.45) is 2.23. The third kappa shape index (κ3) is 3.79. The molecule has 0 fully saturated rings. The predicted molar refractivity (Wildman–Crippen MR) is 83.7 cm³/mol. The Balaban J connectivity index is 1.93. The first-order chi connectivity index (χ1) is 10.5. The normalized spacial score (nSPS) is 14.6. The van der Waals surface area contributed by atoms with Crippen molar-refractivity contribution in [3.8, 4) is 0 Å². The second kappa shape index (κ2) is 7.31. The molecule has 7 heteroatoms. The Morgan fingerprint density at radius 2 is 2.14 bits per heavy atom. The molecule has 1 aromatic carbocycles. The van der Waals surface area contributed by atoms with Gasteiger partial charge in [-0.15, -0.1) is 0 Å². The number of carboxylic acid groups (broad SMARTS) is 1. The second-order valence-electron chi connectivity index (χ2n) is 5.06. The molecule has 0 radical (unpaired) electrons. The van der Waals surface area contributed by atoms with Crippen LogP contribution in [0.2, 0.25) is 0 Å². The van der Waals surface area contributed by atoms with Crippen molar-refractivity contribution in [2.24, 2.45) is 0 Å². The molecule has 0 aliphatic carbocycles. The number of hydrogen-bond acceptors (Lipinski definition) is 4. The van der Waals surface area contributed by atoms with E-state index in [4.69, 9.17) is 5.11 Å². The smallest absolute Gasteiger partial charge is 0.326 e. The molecule has 1 aliphatic heterocycles. The molecule has 1 atom stereocenters. The van der Waals surface area contributed by atoms with Gasteiger partial charge in [0.2, 0.25) is 5.91 Å². The maximum Gasteiger partial charge on any atom is 0.326 e. The molecule has 2 amide bonds. The fraction of sp³-hybridized carbons (Fsp3) is 0.400. The number of benzene rings is 1. The first kappa shape index (κ1) is 16.4. The van der Waals surface area contributed by atoms with E-state index < -0.39 is 17.9 Å². The maximum absolute atomic E-state index is 12.2. The molecular weight excluding hydrogens is 304 g/mol. The zero-order chi connectivity index (χ0) is 16.1. The minimum Gasteiger partial charge on any atom is -0.480 e. The lowest BCUT2D eigenvalue weighted by molar-refractivity contribution is -0.141. The van der Waals surface area contributed by atoms with Gasteiger partial charge in [-0.25, -0.2) is 4.79 Å². The Bertz CT molecular complexity index is 591. The van der Waals surface area contributed by atoms with Gasteiger partial charge in [0, 0.05) is 12.1 Å². The molecule has 6 nitrogen and oxygen atoms in total. The third-order valence-electron chi connectivity index (χ3n) is 3.47. The van der Waals surface area contributed by atoms with Crippen LogP contribution in [0.5, 0.6) is 0 Å². The van der Waals surface area contributed by atoms with E-state index in [2.05, 4.69) is 5.32 Å². The van der Waals surface area contributed by atoms with Crippen molar-refractivity contribution in [2.75, 3.05) is 18.6 Å². The van der Waals surface area contributed by atoms with E-state index in [-0.39, 0.29) is 12.5 Å². The molecular formula is C15H18N2O4S. The number of nitrogens with zero attached hydrogens (tertiary/aromatic N) is 1. The van der Waals surface area contributed by atoms with E-state index in [1.807, 2.05) is 18.4 Å².